The Hall–Kier alpha value is -1.02. The predicted octanol–water partition coefficient (Wildman–Crippen LogP) is 3.32. The SMILES string of the molecule is c1cc2c(c(CNC(C3CC3)C3CC3)c1)NCCC2. The van der Waals surface area contributed by atoms with Crippen LogP contribution in [-0.4, -0.2) is 12.6 Å². The summed E-state index contributed by atoms with van der Waals surface area (Å²) < 4.78 is 0. The smallest absolute Gasteiger partial charge is 0.0418 e. The summed E-state index contributed by atoms with van der Waals surface area (Å²) in [4.78, 5) is 0. The fourth-order valence-electron chi connectivity index (χ4n) is 3.58. The number of hydrogen-bond donors (Lipinski definition) is 2. The fourth-order valence-corrected chi connectivity index (χ4v) is 3.58. The molecule has 2 N–H and O–H groups in total. The Kier molecular flexibility index (Phi) is 2.99. The first-order valence-electron chi connectivity index (χ1n) is 8.00. The van der Waals surface area contributed by atoms with Crippen molar-refractivity contribution in [2.24, 2.45) is 11.8 Å². The van der Waals surface area contributed by atoms with E-state index in [1.165, 1.54) is 55.3 Å². The number of aryl methyl sites for hydroxylation is 1. The molecule has 0 radical (unpaired) electrons. The van der Waals surface area contributed by atoms with Gasteiger partial charge in [0.15, 0.2) is 0 Å². The molecule has 1 aromatic rings. The average molecular weight is 256 g/mol. The summed E-state index contributed by atoms with van der Waals surface area (Å²) in [5, 5.41) is 7.47. The first-order chi connectivity index (χ1) is 9.42. The maximum Gasteiger partial charge on any atom is 0.0418 e. The van der Waals surface area contributed by atoms with Crippen LogP contribution in [-0.2, 0) is 13.0 Å². The van der Waals surface area contributed by atoms with Gasteiger partial charge in [0.2, 0.25) is 0 Å². The highest BCUT2D eigenvalue weighted by Crippen LogP contribution is 2.44. The maximum atomic E-state index is 3.87. The largest absolute Gasteiger partial charge is 0.385 e. The van der Waals surface area contributed by atoms with E-state index in [4.69, 9.17) is 0 Å². The van der Waals surface area contributed by atoms with E-state index in [0.29, 0.717) is 0 Å². The molecule has 2 aliphatic carbocycles. The predicted molar refractivity (Wildman–Crippen MR) is 79.3 cm³/mol. The molecule has 0 unspecified atom stereocenters. The minimum atomic E-state index is 0.805. The van der Waals surface area contributed by atoms with Gasteiger partial charge in [0.05, 0.1) is 0 Å². The summed E-state index contributed by atoms with van der Waals surface area (Å²) in [6.45, 7) is 2.19. The van der Waals surface area contributed by atoms with E-state index < -0.39 is 0 Å². The van der Waals surface area contributed by atoms with Crippen molar-refractivity contribution >= 4 is 5.69 Å². The third-order valence-corrected chi connectivity index (χ3v) is 4.95. The van der Waals surface area contributed by atoms with Gasteiger partial charge in [0.1, 0.15) is 0 Å². The molecule has 102 valence electrons. The number of para-hydroxylation sites is 1. The molecule has 4 rings (SSSR count). The third kappa shape index (κ3) is 2.51. The number of hydrogen-bond acceptors (Lipinski definition) is 2. The van der Waals surface area contributed by atoms with Gasteiger partial charge in [-0.05, 0) is 61.5 Å². The number of fused-ring (bicyclic) bond motifs is 1. The molecule has 2 nitrogen and oxygen atoms in total. The minimum Gasteiger partial charge on any atom is -0.385 e. The quantitative estimate of drug-likeness (QED) is 0.844. The van der Waals surface area contributed by atoms with Gasteiger partial charge in [0.25, 0.3) is 0 Å². The maximum absolute atomic E-state index is 3.87. The van der Waals surface area contributed by atoms with E-state index >= 15 is 0 Å². The molecule has 1 aromatic carbocycles. The van der Waals surface area contributed by atoms with E-state index in [1.54, 1.807) is 0 Å². The molecule has 3 aliphatic rings. The zero-order valence-electron chi connectivity index (χ0n) is 11.6. The molecule has 19 heavy (non-hydrogen) atoms. The van der Waals surface area contributed by atoms with Crippen molar-refractivity contribution in [2.45, 2.75) is 51.1 Å². The molecular formula is C17H24N2. The number of anilines is 1. The normalized spacial score (nSPS) is 22.2. The monoisotopic (exact) mass is 256 g/mol. The molecule has 2 heteroatoms. The van der Waals surface area contributed by atoms with Crippen LogP contribution < -0.4 is 10.6 Å². The summed E-state index contributed by atoms with van der Waals surface area (Å²) >= 11 is 0. The summed E-state index contributed by atoms with van der Waals surface area (Å²) in [6, 6.07) is 7.61. The summed E-state index contributed by atoms with van der Waals surface area (Å²) in [5.74, 6) is 1.97. The van der Waals surface area contributed by atoms with Gasteiger partial charge in [-0.1, -0.05) is 18.2 Å². The molecule has 1 aliphatic heterocycles. The highest BCUT2D eigenvalue weighted by molar-refractivity contribution is 5.59. The lowest BCUT2D eigenvalue weighted by molar-refractivity contribution is 0.416. The average Bonchev–Trinajstić information content (AvgIpc) is 3.33. The van der Waals surface area contributed by atoms with E-state index in [1.807, 2.05) is 0 Å². The molecule has 0 atom stereocenters. The van der Waals surface area contributed by atoms with E-state index in [9.17, 15) is 0 Å². The third-order valence-electron chi connectivity index (χ3n) is 4.95. The van der Waals surface area contributed by atoms with E-state index in [-0.39, 0.29) is 0 Å². The summed E-state index contributed by atoms with van der Waals surface area (Å²) in [7, 11) is 0. The van der Waals surface area contributed by atoms with Gasteiger partial charge >= 0.3 is 0 Å². The Bertz CT molecular complexity index is 448. The highest BCUT2D eigenvalue weighted by atomic mass is 15.0. The van der Waals surface area contributed by atoms with Crippen LogP contribution in [0.25, 0.3) is 0 Å². The van der Waals surface area contributed by atoms with Crippen molar-refractivity contribution in [3.05, 3.63) is 29.3 Å². The van der Waals surface area contributed by atoms with Crippen LogP contribution in [0.4, 0.5) is 5.69 Å². The Balaban J connectivity index is 1.47. The molecule has 2 fully saturated rings. The second kappa shape index (κ2) is 4.82. The molecule has 2 saturated carbocycles. The van der Waals surface area contributed by atoms with Crippen LogP contribution >= 0.6 is 0 Å². The van der Waals surface area contributed by atoms with Crippen molar-refractivity contribution < 1.29 is 0 Å². The van der Waals surface area contributed by atoms with Gasteiger partial charge in [-0.25, -0.2) is 0 Å². The molecule has 0 saturated heterocycles. The Labute approximate surface area is 116 Å². The van der Waals surface area contributed by atoms with Crippen LogP contribution in [0.15, 0.2) is 18.2 Å². The van der Waals surface area contributed by atoms with Crippen molar-refractivity contribution in [3.63, 3.8) is 0 Å². The van der Waals surface area contributed by atoms with Gasteiger partial charge in [-0.3, -0.25) is 0 Å². The van der Waals surface area contributed by atoms with Crippen LogP contribution in [0.5, 0.6) is 0 Å². The Morgan fingerprint density at radius 1 is 1.16 bits per heavy atom. The lowest BCUT2D eigenvalue weighted by Gasteiger charge is -2.23. The number of benzene rings is 1. The second-order valence-electron chi connectivity index (χ2n) is 6.56. The van der Waals surface area contributed by atoms with Crippen LogP contribution in [0.1, 0.15) is 43.2 Å². The fraction of sp³-hybridized carbons (Fsp3) is 0.647. The topological polar surface area (TPSA) is 24.1 Å². The summed E-state index contributed by atoms with van der Waals surface area (Å²) in [6.07, 6.45) is 8.35. The molecule has 0 bridgehead atoms. The lowest BCUT2D eigenvalue weighted by Crippen LogP contribution is -2.33. The minimum absolute atomic E-state index is 0.805. The van der Waals surface area contributed by atoms with Crippen molar-refractivity contribution in [2.75, 3.05) is 11.9 Å². The standard InChI is InChI=1S/C17H24N2/c1-3-12-5-2-10-18-17(12)15(4-1)11-19-16(13-6-7-13)14-8-9-14/h1,3-4,13-14,16,18-19H,2,5-11H2. The molecule has 0 spiro atoms. The van der Waals surface area contributed by atoms with Gasteiger partial charge in [0, 0.05) is 24.8 Å². The van der Waals surface area contributed by atoms with Gasteiger partial charge < -0.3 is 10.6 Å². The van der Waals surface area contributed by atoms with Gasteiger partial charge in [-0.15, -0.1) is 0 Å². The Morgan fingerprint density at radius 2 is 1.95 bits per heavy atom. The van der Waals surface area contributed by atoms with Crippen LogP contribution in [0.2, 0.25) is 0 Å². The molecule has 0 aromatic heterocycles. The lowest BCUT2D eigenvalue weighted by atomic mass is 9.99. The molecule has 1 heterocycles. The molecule has 0 amide bonds. The number of nitrogens with one attached hydrogen (secondary N) is 2. The van der Waals surface area contributed by atoms with Crippen molar-refractivity contribution in [3.8, 4) is 0 Å². The zero-order valence-corrected chi connectivity index (χ0v) is 11.6. The molecular weight excluding hydrogens is 232 g/mol. The first-order valence-corrected chi connectivity index (χ1v) is 8.00. The Morgan fingerprint density at radius 3 is 2.68 bits per heavy atom. The summed E-state index contributed by atoms with van der Waals surface area (Å²) in [5.41, 5.74) is 4.41. The second-order valence-corrected chi connectivity index (χ2v) is 6.56. The van der Waals surface area contributed by atoms with Gasteiger partial charge in [-0.2, -0.15) is 0 Å². The van der Waals surface area contributed by atoms with E-state index in [2.05, 4.69) is 28.8 Å². The highest BCUT2D eigenvalue weighted by Gasteiger charge is 2.41. The van der Waals surface area contributed by atoms with E-state index in [0.717, 1.165) is 31.0 Å². The van der Waals surface area contributed by atoms with Crippen molar-refractivity contribution in [1.82, 2.24) is 5.32 Å². The van der Waals surface area contributed by atoms with Crippen molar-refractivity contribution in [1.29, 1.82) is 0 Å². The number of rotatable bonds is 5. The first kappa shape index (κ1) is 11.8. The van der Waals surface area contributed by atoms with Crippen LogP contribution in [0, 0.1) is 11.8 Å². The van der Waals surface area contributed by atoms with Crippen LogP contribution in [0.3, 0.4) is 0 Å². The zero-order chi connectivity index (χ0) is 12.7.